The summed E-state index contributed by atoms with van der Waals surface area (Å²) in [7, 11) is 1.42. The van der Waals surface area contributed by atoms with Crippen molar-refractivity contribution in [2.45, 2.75) is 31.9 Å². The third-order valence-electron chi connectivity index (χ3n) is 3.79. The van der Waals surface area contributed by atoms with Crippen molar-refractivity contribution in [3.05, 3.63) is 29.3 Å². The van der Waals surface area contributed by atoms with Gasteiger partial charge in [0, 0.05) is 19.6 Å². The van der Waals surface area contributed by atoms with Crippen LogP contribution in [0, 0.1) is 0 Å². The molecule has 1 amide bonds. The quantitative estimate of drug-likeness (QED) is 0.665. The summed E-state index contributed by atoms with van der Waals surface area (Å²) >= 11 is 0. The molecule has 0 saturated carbocycles. The number of hydrogen-bond acceptors (Lipinski definition) is 5. The first-order valence-corrected chi connectivity index (χ1v) is 7.96. The molecular weight excluding hydrogens is 314 g/mol. The molecule has 0 bridgehead atoms. The molecule has 1 saturated heterocycles. The summed E-state index contributed by atoms with van der Waals surface area (Å²) in [6, 6.07) is 4.80. The van der Waals surface area contributed by atoms with Crippen molar-refractivity contribution < 1.29 is 28.9 Å². The molecule has 0 aliphatic carbocycles. The van der Waals surface area contributed by atoms with E-state index in [2.05, 4.69) is 5.32 Å². The number of carbonyl (C=O) groups is 2. The molecule has 1 unspecified atom stereocenters. The maximum absolute atomic E-state index is 11.8. The van der Waals surface area contributed by atoms with Crippen molar-refractivity contribution in [3.63, 3.8) is 0 Å². The third kappa shape index (κ3) is 5.50. The van der Waals surface area contributed by atoms with Gasteiger partial charge in [0.15, 0.2) is 0 Å². The Labute approximate surface area is 140 Å². The molecule has 24 heavy (non-hydrogen) atoms. The van der Waals surface area contributed by atoms with Gasteiger partial charge in [-0.25, -0.2) is 4.79 Å². The first-order valence-electron chi connectivity index (χ1n) is 7.96. The summed E-state index contributed by atoms with van der Waals surface area (Å²) in [4.78, 5) is 23.0. The second-order valence-corrected chi connectivity index (χ2v) is 5.58. The second-order valence-electron chi connectivity index (χ2n) is 5.58. The molecular formula is C17H23NO6. The average Bonchev–Trinajstić information content (AvgIpc) is 3.10. The van der Waals surface area contributed by atoms with E-state index in [0.717, 1.165) is 19.4 Å². The zero-order valence-corrected chi connectivity index (χ0v) is 13.7. The van der Waals surface area contributed by atoms with E-state index in [-0.39, 0.29) is 30.5 Å². The summed E-state index contributed by atoms with van der Waals surface area (Å²) in [5.74, 6) is -0.919. The predicted molar refractivity (Wildman–Crippen MR) is 86.2 cm³/mol. The third-order valence-corrected chi connectivity index (χ3v) is 3.79. The first-order chi connectivity index (χ1) is 11.6. The summed E-state index contributed by atoms with van der Waals surface area (Å²) < 4.78 is 15.9. The molecule has 7 nitrogen and oxygen atoms in total. The molecule has 1 heterocycles. The smallest absolute Gasteiger partial charge is 0.339 e. The van der Waals surface area contributed by atoms with Crippen LogP contribution in [-0.2, 0) is 20.8 Å². The number of ether oxygens (including phenoxy) is 3. The highest BCUT2D eigenvalue weighted by atomic mass is 16.5. The van der Waals surface area contributed by atoms with E-state index < -0.39 is 5.97 Å². The molecule has 7 heteroatoms. The molecule has 0 radical (unpaired) electrons. The van der Waals surface area contributed by atoms with Gasteiger partial charge >= 0.3 is 5.97 Å². The van der Waals surface area contributed by atoms with Crippen molar-refractivity contribution in [3.8, 4) is 5.75 Å². The summed E-state index contributed by atoms with van der Waals surface area (Å²) in [6.07, 6.45) is 2.49. The van der Waals surface area contributed by atoms with Gasteiger partial charge in [-0.3, -0.25) is 4.79 Å². The van der Waals surface area contributed by atoms with Crippen molar-refractivity contribution in [1.29, 1.82) is 0 Å². The zero-order valence-electron chi connectivity index (χ0n) is 13.7. The van der Waals surface area contributed by atoms with E-state index in [4.69, 9.17) is 19.3 Å². The minimum atomic E-state index is -1.07. The standard InChI is InChI=1S/C17H23NO6/c1-22-15-5-4-12(9-14(15)17(20)21)10-18-16(19)6-8-23-11-13-3-2-7-24-13/h4-5,9,13H,2-3,6-8,10-11H2,1H3,(H,18,19)(H,20,21). The molecule has 1 fully saturated rings. The van der Waals surface area contributed by atoms with Crippen LogP contribution in [0.3, 0.4) is 0 Å². The van der Waals surface area contributed by atoms with Crippen LogP contribution in [0.4, 0.5) is 0 Å². The van der Waals surface area contributed by atoms with Crippen LogP contribution in [0.2, 0.25) is 0 Å². The van der Waals surface area contributed by atoms with Crippen molar-refractivity contribution in [2.24, 2.45) is 0 Å². The van der Waals surface area contributed by atoms with Crippen LogP contribution < -0.4 is 10.1 Å². The molecule has 0 spiro atoms. The number of nitrogens with one attached hydrogen (secondary N) is 1. The summed E-state index contributed by atoms with van der Waals surface area (Å²) in [5, 5.41) is 11.9. The highest BCUT2D eigenvalue weighted by molar-refractivity contribution is 5.91. The topological polar surface area (TPSA) is 94.1 Å². The lowest BCUT2D eigenvalue weighted by atomic mass is 10.1. The van der Waals surface area contributed by atoms with E-state index in [0.29, 0.717) is 24.5 Å². The number of carboxylic acids is 1. The van der Waals surface area contributed by atoms with Crippen molar-refractivity contribution in [1.82, 2.24) is 5.32 Å². The molecule has 2 rings (SSSR count). The van der Waals surface area contributed by atoms with Gasteiger partial charge in [-0.1, -0.05) is 6.07 Å². The molecule has 0 aromatic heterocycles. The Hall–Kier alpha value is -2.12. The highest BCUT2D eigenvalue weighted by Gasteiger charge is 2.15. The minimum absolute atomic E-state index is 0.0733. The number of carbonyl (C=O) groups excluding carboxylic acids is 1. The Balaban J connectivity index is 1.71. The van der Waals surface area contributed by atoms with E-state index in [1.165, 1.54) is 13.2 Å². The van der Waals surface area contributed by atoms with Crippen LogP contribution >= 0.6 is 0 Å². The monoisotopic (exact) mass is 337 g/mol. The van der Waals surface area contributed by atoms with Gasteiger partial charge in [0.05, 0.1) is 26.4 Å². The molecule has 1 atom stereocenters. The van der Waals surface area contributed by atoms with Crippen molar-refractivity contribution in [2.75, 3.05) is 26.9 Å². The number of aromatic carboxylic acids is 1. The molecule has 1 aliphatic heterocycles. The molecule has 2 N–H and O–H groups in total. The lowest BCUT2D eigenvalue weighted by Crippen LogP contribution is -2.25. The van der Waals surface area contributed by atoms with Crippen LogP contribution in [0.1, 0.15) is 35.2 Å². The molecule has 132 valence electrons. The Bertz CT molecular complexity index is 568. The van der Waals surface area contributed by atoms with Crippen LogP contribution in [0.25, 0.3) is 0 Å². The maximum Gasteiger partial charge on any atom is 0.339 e. The zero-order chi connectivity index (χ0) is 17.4. The fourth-order valence-corrected chi connectivity index (χ4v) is 2.48. The predicted octanol–water partition coefficient (Wildman–Crippen LogP) is 1.60. The molecule has 1 aromatic rings. The van der Waals surface area contributed by atoms with E-state index >= 15 is 0 Å². The number of benzene rings is 1. The highest BCUT2D eigenvalue weighted by Crippen LogP contribution is 2.19. The first kappa shape index (κ1) is 18.2. The Morgan fingerprint density at radius 3 is 2.92 bits per heavy atom. The van der Waals surface area contributed by atoms with Gasteiger partial charge < -0.3 is 24.6 Å². The van der Waals surface area contributed by atoms with Gasteiger partial charge in [0.25, 0.3) is 0 Å². The fraction of sp³-hybridized carbons (Fsp3) is 0.529. The summed E-state index contributed by atoms with van der Waals surface area (Å²) in [6.45, 7) is 1.91. The number of hydrogen-bond donors (Lipinski definition) is 2. The second kappa shape index (κ2) is 9.24. The Morgan fingerprint density at radius 2 is 2.25 bits per heavy atom. The number of carboxylic acid groups (broad SMARTS) is 1. The van der Waals surface area contributed by atoms with E-state index in [1.54, 1.807) is 12.1 Å². The van der Waals surface area contributed by atoms with Gasteiger partial charge in [-0.2, -0.15) is 0 Å². The molecule has 1 aromatic carbocycles. The summed E-state index contributed by atoms with van der Waals surface area (Å²) in [5.41, 5.74) is 0.769. The average molecular weight is 337 g/mol. The minimum Gasteiger partial charge on any atom is -0.496 e. The van der Waals surface area contributed by atoms with Crippen LogP contribution in [-0.4, -0.2) is 50.0 Å². The number of methoxy groups -OCH3 is 1. The lowest BCUT2D eigenvalue weighted by Gasteiger charge is -2.11. The van der Waals surface area contributed by atoms with Gasteiger partial charge in [-0.05, 0) is 30.5 Å². The number of rotatable bonds is 9. The van der Waals surface area contributed by atoms with Gasteiger partial charge in [0.2, 0.25) is 5.91 Å². The van der Waals surface area contributed by atoms with E-state index in [1.807, 2.05) is 0 Å². The maximum atomic E-state index is 11.8. The number of amides is 1. The normalized spacial score (nSPS) is 16.8. The van der Waals surface area contributed by atoms with Gasteiger partial charge in [0.1, 0.15) is 11.3 Å². The lowest BCUT2D eigenvalue weighted by molar-refractivity contribution is -0.122. The largest absolute Gasteiger partial charge is 0.496 e. The Kier molecular flexibility index (Phi) is 7.02. The van der Waals surface area contributed by atoms with Gasteiger partial charge in [-0.15, -0.1) is 0 Å². The van der Waals surface area contributed by atoms with Crippen molar-refractivity contribution >= 4 is 11.9 Å². The Morgan fingerprint density at radius 1 is 1.42 bits per heavy atom. The van der Waals surface area contributed by atoms with Crippen LogP contribution in [0.5, 0.6) is 5.75 Å². The molecule has 1 aliphatic rings. The fourth-order valence-electron chi connectivity index (χ4n) is 2.48. The SMILES string of the molecule is COc1ccc(CNC(=O)CCOCC2CCCO2)cc1C(=O)O. The van der Waals surface area contributed by atoms with E-state index in [9.17, 15) is 9.59 Å². The van der Waals surface area contributed by atoms with Crippen LogP contribution in [0.15, 0.2) is 18.2 Å².